The summed E-state index contributed by atoms with van der Waals surface area (Å²) in [6.45, 7) is 5.91. The quantitative estimate of drug-likeness (QED) is 0.611. The van der Waals surface area contributed by atoms with Crippen LogP contribution < -0.4 is 5.73 Å². The average Bonchev–Trinajstić information content (AvgIpc) is 2.11. The summed E-state index contributed by atoms with van der Waals surface area (Å²) in [5.41, 5.74) is 8.92. The van der Waals surface area contributed by atoms with Crippen molar-refractivity contribution in [2.45, 2.75) is 26.8 Å². The highest BCUT2D eigenvalue weighted by Crippen LogP contribution is 2.15. The molecule has 3 N–H and O–H groups in total. The molecule has 1 rings (SSSR count). The van der Waals surface area contributed by atoms with Gasteiger partial charge in [0.15, 0.2) is 0 Å². The van der Waals surface area contributed by atoms with Gasteiger partial charge in [-0.05, 0) is 20.8 Å². The molecule has 3 heteroatoms. The van der Waals surface area contributed by atoms with E-state index in [1.165, 1.54) is 0 Å². The van der Waals surface area contributed by atoms with Crippen LogP contribution in [0, 0.1) is 13.8 Å². The lowest BCUT2D eigenvalue weighted by Crippen LogP contribution is -2.06. The molecule has 0 aliphatic rings. The molecule has 0 spiro atoms. The second-order valence-corrected chi connectivity index (χ2v) is 2.64. The van der Waals surface area contributed by atoms with Crippen LogP contribution in [0.3, 0.4) is 0 Å². The third-order valence-electron chi connectivity index (χ3n) is 1.64. The van der Waals surface area contributed by atoms with Gasteiger partial charge in [0.2, 0.25) is 0 Å². The number of rotatable bonds is 1. The van der Waals surface area contributed by atoms with Crippen molar-refractivity contribution in [2.24, 2.45) is 5.73 Å². The van der Waals surface area contributed by atoms with Gasteiger partial charge in [0.05, 0.1) is 5.69 Å². The third kappa shape index (κ3) is 1.04. The number of nitrogens with two attached hydrogens (primary N) is 1. The minimum Gasteiger partial charge on any atom is -0.324 e. The first-order chi connectivity index (χ1) is 4.63. The highest BCUT2D eigenvalue weighted by Gasteiger charge is 2.08. The van der Waals surface area contributed by atoms with E-state index in [4.69, 9.17) is 5.73 Å². The van der Waals surface area contributed by atoms with Crippen LogP contribution in [0.25, 0.3) is 0 Å². The van der Waals surface area contributed by atoms with Crippen LogP contribution in [0.5, 0.6) is 0 Å². The maximum Gasteiger partial charge on any atom is 0.0641 e. The molecule has 3 nitrogen and oxygen atoms in total. The van der Waals surface area contributed by atoms with Crippen LogP contribution in [-0.4, -0.2) is 10.2 Å². The lowest BCUT2D eigenvalue weighted by atomic mass is 10.1. The van der Waals surface area contributed by atoms with E-state index in [2.05, 4.69) is 10.2 Å². The Labute approximate surface area is 60.6 Å². The van der Waals surface area contributed by atoms with E-state index in [0.717, 1.165) is 17.0 Å². The molecule has 0 bridgehead atoms. The molecular weight excluding hydrogens is 126 g/mol. The van der Waals surface area contributed by atoms with Crippen molar-refractivity contribution in [3.63, 3.8) is 0 Å². The minimum absolute atomic E-state index is 0.0822. The Kier molecular flexibility index (Phi) is 1.76. The summed E-state index contributed by atoms with van der Waals surface area (Å²) >= 11 is 0. The van der Waals surface area contributed by atoms with Gasteiger partial charge in [-0.15, -0.1) is 0 Å². The maximum absolute atomic E-state index is 5.70. The topological polar surface area (TPSA) is 54.7 Å². The van der Waals surface area contributed by atoms with Gasteiger partial charge >= 0.3 is 0 Å². The van der Waals surface area contributed by atoms with Crippen molar-refractivity contribution in [2.75, 3.05) is 0 Å². The molecular formula is C7H13N3. The van der Waals surface area contributed by atoms with Crippen molar-refractivity contribution in [3.8, 4) is 0 Å². The summed E-state index contributed by atoms with van der Waals surface area (Å²) in [5, 5.41) is 6.92. The Hall–Kier alpha value is -0.830. The Balaban J connectivity index is 3.10. The smallest absolute Gasteiger partial charge is 0.0641 e. The molecule has 0 saturated heterocycles. The van der Waals surface area contributed by atoms with E-state index in [0.29, 0.717) is 0 Å². The number of H-pyrrole nitrogens is 1. The number of aryl methyl sites for hydroxylation is 2. The monoisotopic (exact) mass is 139 g/mol. The zero-order valence-corrected chi connectivity index (χ0v) is 6.60. The molecule has 1 atom stereocenters. The van der Waals surface area contributed by atoms with E-state index in [-0.39, 0.29) is 6.04 Å². The highest BCUT2D eigenvalue weighted by molar-refractivity contribution is 5.25. The van der Waals surface area contributed by atoms with E-state index in [9.17, 15) is 0 Å². The van der Waals surface area contributed by atoms with Crippen LogP contribution in [0.15, 0.2) is 0 Å². The summed E-state index contributed by atoms with van der Waals surface area (Å²) in [4.78, 5) is 0. The predicted molar refractivity (Wildman–Crippen MR) is 40.7 cm³/mol. The van der Waals surface area contributed by atoms with Gasteiger partial charge in [-0.25, -0.2) is 0 Å². The number of nitrogens with zero attached hydrogens (tertiary/aromatic N) is 1. The number of nitrogens with one attached hydrogen (secondary N) is 1. The molecule has 0 radical (unpaired) electrons. The molecule has 1 aromatic heterocycles. The molecule has 1 heterocycles. The van der Waals surface area contributed by atoms with Crippen molar-refractivity contribution in [1.82, 2.24) is 10.2 Å². The van der Waals surface area contributed by atoms with Gasteiger partial charge in [0.25, 0.3) is 0 Å². The van der Waals surface area contributed by atoms with Crippen LogP contribution in [0.2, 0.25) is 0 Å². The third-order valence-corrected chi connectivity index (χ3v) is 1.64. The van der Waals surface area contributed by atoms with Crippen LogP contribution in [0.4, 0.5) is 0 Å². The Morgan fingerprint density at radius 1 is 1.50 bits per heavy atom. The SMILES string of the molecule is Cc1n[nH]c(C)c1C(C)N. The molecule has 56 valence electrons. The first kappa shape index (κ1) is 7.28. The summed E-state index contributed by atoms with van der Waals surface area (Å²) in [7, 11) is 0. The standard InChI is InChI=1S/C7H13N3/c1-4(8)7-5(2)9-10-6(7)3/h4H,8H2,1-3H3,(H,9,10). The van der Waals surface area contributed by atoms with Gasteiger partial charge in [-0.3, -0.25) is 5.10 Å². The van der Waals surface area contributed by atoms with E-state index >= 15 is 0 Å². The zero-order valence-electron chi connectivity index (χ0n) is 6.60. The molecule has 0 amide bonds. The van der Waals surface area contributed by atoms with Gasteiger partial charge in [-0.2, -0.15) is 5.10 Å². The fourth-order valence-electron chi connectivity index (χ4n) is 1.23. The average molecular weight is 139 g/mol. The highest BCUT2D eigenvalue weighted by atomic mass is 15.1. The fraction of sp³-hybridized carbons (Fsp3) is 0.571. The lowest BCUT2D eigenvalue weighted by molar-refractivity contribution is 0.803. The van der Waals surface area contributed by atoms with Crippen LogP contribution in [-0.2, 0) is 0 Å². The second-order valence-electron chi connectivity index (χ2n) is 2.64. The fourth-order valence-corrected chi connectivity index (χ4v) is 1.23. The molecule has 1 unspecified atom stereocenters. The number of aromatic amines is 1. The molecule has 0 aliphatic heterocycles. The van der Waals surface area contributed by atoms with Crippen molar-refractivity contribution >= 4 is 0 Å². The normalized spacial score (nSPS) is 13.6. The Morgan fingerprint density at radius 3 is 2.30 bits per heavy atom. The molecule has 10 heavy (non-hydrogen) atoms. The van der Waals surface area contributed by atoms with Crippen molar-refractivity contribution < 1.29 is 0 Å². The Bertz CT molecular complexity index is 205. The zero-order chi connectivity index (χ0) is 7.72. The van der Waals surface area contributed by atoms with Crippen LogP contribution >= 0.6 is 0 Å². The number of aromatic nitrogens is 2. The summed E-state index contributed by atoms with van der Waals surface area (Å²) < 4.78 is 0. The van der Waals surface area contributed by atoms with Crippen molar-refractivity contribution in [1.29, 1.82) is 0 Å². The number of hydrogen-bond acceptors (Lipinski definition) is 2. The molecule has 0 aliphatic carbocycles. The number of hydrogen-bond donors (Lipinski definition) is 2. The van der Waals surface area contributed by atoms with Gasteiger partial charge in [-0.1, -0.05) is 0 Å². The summed E-state index contributed by atoms with van der Waals surface area (Å²) in [6.07, 6.45) is 0. The summed E-state index contributed by atoms with van der Waals surface area (Å²) in [6, 6.07) is 0.0822. The lowest BCUT2D eigenvalue weighted by Gasteiger charge is -2.03. The van der Waals surface area contributed by atoms with Gasteiger partial charge < -0.3 is 5.73 Å². The van der Waals surface area contributed by atoms with Crippen molar-refractivity contribution in [3.05, 3.63) is 17.0 Å². The molecule has 0 aromatic carbocycles. The molecule has 0 saturated carbocycles. The first-order valence-corrected chi connectivity index (χ1v) is 3.40. The Morgan fingerprint density at radius 2 is 2.10 bits per heavy atom. The van der Waals surface area contributed by atoms with E-state index in [1.54, 1.807) is 0 Å². The van der Waals surface area contributed by atoms with E-state index in [1.807, 2.05) is 20.8 Å². The second kappa shape index (κ2) is 2.42. The van der Waals surface area contributed by atoms with Gasteiger partial charge in [0.1, 0.15) is 0 Å². The first-order valence-electron chi connectivity index (χ1n) is 3.40. The van der Waals surface area contributed by atoms with Gasteiger partial charge in [0, 0.05) is 17.3 Å². The maximum atomic E-state index is 5.70. The molecule has 1 aromatic rings. The largest absolute Gasteiger partial charge is 0.324 e. The summed E-state index contributed by atoms with van der Waals surface area (Å²) in [5.74, 6) is 0. The van der Waals surface area contributed by atoms with Crippen LogP contribution in [0.1, 0.15) is 29.9 Å². The predicted octanol–water partition coefficient (Wildman–Crippen LogP) is 1.05. The minimum atomic E-state index is 0.0822. The van der Waals surface area contributed by atoms with E-state index < -0.39 is 0 Å². The molecule has 0 fully saturated rings.